The van der Waals surface area contributed by atoms with Gasteiger partial charge in [0.25, 0.3) is 0 Å². The van der Waals surface area contributed by atoms with Gasteiger partial charge in [0, 0.05) is 5.33 Å². The second-order valence-electron chi connectivity index (χ2n) is 4.83. The molecule has 0 amide bonds. The topological polar surface area (TPSA) is 49.7 Å². The predicted molar refractivity (Wildman–Crippen MR) is 86.6 cm³/mol. The minimum absolute atomic E-state index is 0.507. The number of aliphatic hydroxyl groups excluding tert-OH is 2. The van der Waals surface area contributed by atoms with Gasteiger partial charge in [0.2, 0.25) is 0 Å². The molecule has 0 aliphatic heterocycles. The molecule has 0 spiro atoms. The van der Waals surface area contributed by atoms with Gasteiger partial charge in [0.15, 0.2) is 0 Å². The van der Waals surface area contributed by atoms with Gasteiger partial charge in [-0.05, 0) is 29.7 Å². The highest BCUT2D eigenvalue weighted by Crippen LogP contribution is 2.22. The molecule has 0 aliphatic carbocycles. The van der Waals surface area contributed by atoms with Crippen molar-refractivity contribution in [2.75, 3.05) is 5.33 Å². The lowest BCUT2D eigenvalue weighted by Gasteiger charge is -2.17. The molecule has 2 rings (SSSR count). The number of alkyl halides is 1. The van der Waals surface area contributed by atoms with Crippen molar-refractivity contribution in [3.05, 3.63) is 65.7 Å². The van der Waals surface area contributed by atoms with Gasteiger partial charge in [-0.25, -0.2) is 0 Å². The maximum Gasteiger partial charge on any atom is 0.119 e. The second kappa shape index (κ2) is 8.17. The van der Waals surface area contributed by atoms with Gasteiger partial charge < -0.3 is 14.9 Å². The third-order valence-corrected chi connectivity index (χ3v) is 3.70. The van der Waals surface area contributed by atoms with Crippen LogP contribution in [0.15, 0.2) is 54.6 Å². The molecule has 4 heteroatoms. The summed E-state index contributed by atoms with van der Waals surface area (Å²) in [7, 11) is 0. The highest BCUT2D eigenvalue weighted by atomic mass is 79.9. The molecular weight excluding hydrogens is 332 g/mol. The summed E-state index contributed by atoms with van der Waals surface area (Å²) in [6.07, 6.45) is -1.13. The Balaban J connectivity index is 1.92. The standard InChI is InChI=1S/C17H19BrO3/c18-11-10-16(19)17(20)14-6-8-15(9-7-14)21-12-13-4-2-1-3-5-13/h1-9,16-17,19-20H,10-12H2. The van der Waals surface area contributed by atoms with Crippen molar-refractivity contribution in [3.63, 3.8) is 0 Å². The van der Waals surface area contributed by atoms with Crippen molar-refractivity contribution in [1.29, 1.82) is 0 Å². The Kier molecular flexibility index (Phi) is 6.23. The summed E-state index contributed by atoms with van der Waals surface area (Å²) in [5, 5.41) is 20.4. The zero-order valence-corrected chi connectivity index (χ0v) is 13.2. The zero-order chi connectivity index (χ0) is 15.1. The number of hydrogen-bond acceptors (Lipinski definition) is 3. The van der Waals surface area contributed by atoms with Gasteiger partial charge in [0.05, 0.1) is 6.10 Å². The Morgan fingerprint density at radius 2 is 1.62 bits per heavy atom. The molecule has 0 radical (unpaired) electrons. The van der Waals surface area contributed by atoms with Crippen molar-refractivity contribution in [3.8, 4) is 5.75 Å². The van der Waals surface area contributed by atoms with Crippen LogP contribution in [0.25, 0.3) is 0 Å². The Morgan fingerprint density at radius 3 is 2.24 bits per heavy atom. The van der Waals surface area contributed by atoms with Crippen molar-refractivity contribution in [1.82, 2.24) is 0 Å². The molecule has 112 valence electrons. The normalized spacial score (nSPS) is 13.7. The second-order valence-corrected chi connectivity index (χ2v) is 5.63. The molecule has 3 nitrogen and oxygen atoms in total. The van der Waals surface area contributed by atoms with E-state index in [1.54, 1.807) is 12.1 Å². The largest absolute Gasteiger partial charge is 0.489 e. The van der Waals surface area contributed by atoms with Crippen molar-refractivity contribution < 1.29 is 14.9 Å². The van der Waals surface area contributed by atoms with Gasteiger partial charge in [-0.15, -0.1) is 0 Å². The van der Waals surface area contributed by atoms with Crippen LogP contribution in [0.5, 0.6) is 5.75 Å². The van der Waals surface area contributed by atoms with Crippen LogP contribution in [-0.4, -0.2) is 21.6 Å². The smallest absolute Gasteiger partial charge is 0.119 e. The van der Waals surface area contributed by atoms with E-state index in [0.717, 1.165) is 11.3 Å². The molecule has 21 heavy (non-hydrogen) atoms. The number of benzene rings is 2. The molecule has 0 saturated carbocycles. The summed E-state index contributed by atoms with van der Waals surface area (Å²) in [4.78, 5) is 0. The Hall–Kier alpha value is -1.36. The number of rotatable bonds is 7. The summed E-state index contributed by atoms with van der Waals surface area (Å²) in [5.74, 6) is 0.741. The minimum atomic E-state index is -0.870. The molecule has 0 aromatic heterocycles. The van der Waals surface area contributed by atoms with Crippen LogP contribution in [-0.2, 0) is 6.61 Å². The van der Waals surface area contributed by atoms with Crippen LogP contribution in [0.3, 0.4) is 0 Å². The summed E-state index contributed by atoms with van der Waals surface area (Å²) in [6.45, 7) is 0.509. The van der Waals surface area contributed by atoms with E-state index >= 15 is 0 Å². The van der Waals surface area contributed by atoms with Crippen molar-refractivity contribution >= 4 is 15.9 Å². The first-order valence-corrected chi connectivity index (χ1v) is 8.01. The number of halogens is 1. The Labute approximate surface area is 133 Å². The van der Waals surface area contributed by atoms with E-state index in [1.807, 2.05) is 42.5 Å². The van der Waals surface area contributed by atoms with E-state index in [2.05, 4.69) is 15.9 Å². The van der Waals surface area contributed by atoms with E-state index in [0.29, 0.717) is 23.9 Å². The minimum Gasteiger partial charge on any atom is -0.489 e. The van der Waals surface area contributed by atoms with Crippen LogP contribution in [0.2, 0.25) is 0 Å². The van der Waals surface area contributed by atoms with Gasteiger partial charge in [0.1, 0.15) is 18.5 Å². The first kappa shape index (κ1) is 16.0. The quantitative estimate of drug-likeness (QED) is 0.752. The summed E-state index contributed by atoms with van der Waals surface area (Å²) in [6, 6.07) is 17.1. The van der Waals surface area contributed by atoms with Gasteiger partial charge >= 0.3 is 0 Å². The third-order valence-electron chi connectivity index (χ3n) is 3.24. The van der Waals surface area contributed by atoms with Crippen LogP contribution >= 0.6 is 15.9 Å². The highest BCUT2D eigenvalue weighted by molar-refractivity contribution is 9.09. The summed E-state index contributed by atoms with van der Waals surface area (Å²) < 4.78 is 5.68. The maximum absolute atomic E-state index is 10.0. The number of aliphatic hydroxyl groups is 2. The Bertz CT molecular complexity index is 527. The first-order valence-electron chi connectivity index (χ1n) is 6.89. The molecule has 0 fully saturated rings. The molecule has 2 aromatic rings. The SMILES string of the molecule is OC(CCBr)C(O)c1ccc(OCc2ccccc2)cc1. The molecule has 0 saturated heterocycles. The van der Waals surface area contributed by atoms with E-state index < -0.39 is 12.2 Å². The van der Waals surface area contributed by atoms with Gasteiger partial charge in [-0.2, -0.15) is 0 Å². The average molecular weight is 351 g/mol. The maximum atomic E-state index is 10.0. The molecule has 0 bridgehead atoms. The van der Waals surface area contributed by atoms with Crippen molar-refractivity contribution in [2.45, 2.75) is 25.2 Å². The number of hydrogen-bond donors (Lipinski definition) is 2. The number of ether oxygens (including phenoxy) is 1. The monoisotopic (exact) mass is 350 g/mol. The van der Waals surface area contributed by atoms with E-state index in [4.69, 9.17) is 4.74 Å². The average Bonchev–Trinajstić information content (AvgIpc) is 2.54. The third kappa shape index (κ3) is 4.84. The van der Waals surface area contributed by atoms with E-state index in [-0.39, 0.29) is 0 Å². The van der Waals surface area contributed by atoms with E-state index in [9.17, 15) is 10.2 Å². The fraction of sp³-hybridized carbons (Fsp3) is 0.294. The first-order chi connectivity index (χ1) is 10.2. The zero-order valence-electron chi connectivity index (χ0n) is 11.7. The lowest BCUT2D eigenvalue weighted by molar-refractivity contribution is 0.0173. The van der Waals surface area contributed by atoms with Crippen LogP contribution in [0, 0.1) is 0 Å². The predicted octanol–water partition coefficient (Wildman–Crippen LogP) is 3.44. The van der Waals surface area contributed by atoms with Crippen LogP contribution in [0.4, 0.5) is 0 Å². The van der Waals surface area contributed by atoms with Gasteiger partial charge in [-0.3, -0.25) is 0 Å². The fourth-order valence-corrected chi connectivity index (χ4v) is 2.46. The highest BCUT2D eigenvalue weighted by Gasteiger charge is 2.17. The van der Waals surface area contributed by atoms with Crippen LogP contribution < -0.4 is 4.74 Å². The summed E-state index contributed by atoms with van der Waals surface area (Å²) >= 11 is 3.25. The molecule has 2 aromatic carbocycles. The molecule has 0 heterocycles. The molecule has 2 N–H and O–H groups in total. The van der Waals surface area contributed by atoms with Gasteiger partial charge in [-0.1, -0.05) is 58.4 Å². The summed E-state index contributed by atoms with van der Waals surface area (Å²) in [5.41, 5.74) is 1.80. The fourth-order valence-electron chi connectivity index (χ4n) is 1.99. The molecule has 2 atom stereocenters. The Morgan fingerprint density at radius 1 is 0.952 bits per heavy atom. The lowest BCUT2D eigenvalue weighted by atomic mass is 10.0. The lowest BCUT2D eigenvalue weighted by Crippen LogP contribution is -2.18. The molecule has 0 aliphatic rings. The van der Waals surface area contributed by atoms with Crippen LogP contribution in [0.1, 0.15) is 23.7 Å². The molecular formula is C17H19BrO3. The molecule has 2 unspecified atom stereocenters. The van der Waals surface area contributed by atoms with E-state index in [1.165, 1.54) is 0 Å². The van der Waals surface area contributed by atoms with Crippen molar-refractivity contribution in [2.24, 2.45) is 0 Å².